The molecule has 1 saturated heterocycles. The topological polar surface area (TPSA) is 61.8 Å². The van der Waals surface area contributed by atoms with Crippen molar-refractivity contribution < 1.29 is 14.0 Å². The molecule has 134 valence electrons. The van der Waals surface area contributed by atoms with Gasteiger partial charge in [-0.25, -0.2) is 9.38 Å². The molecule has 0 unspecified atom stereocenters. The molecule has 0 saturated carbocycles. The first kappa shape index (κ1) is 18.4. The number of nitrogens with one attached hydrogen (secondary N) is 1. The van der Waals surface area contributed by atoms with Crippen molar-refractivity contribution in [2.45, 2.75) is 11.7 Å². The van der Waals surface area contributed by atoms with Gasteiger partial charge in [-0.1, -0.05) is 23.4 Å². The van der Waals surface area contributed by atoms with Crippen molar-refractivity contribution in [3.63, 3.8) is 0 Å². The molecule has 8 heteroatoms. The van der Waals surface area contributed by atoms with Crippen LogP contribution in [-0.2, 0) is 9.59 Å². The summed E-state index contributed by atoms with van der Waals surface area (Å²) in [6, 6.07) is 12.3. The lowest BCUT2D eigenvalue weighted by Crippen LogP contribution is -2.43. The molecule has 26 heavy (non-hydrogen) atoms. The first-order valence-corrected chi connectivity index (χ1v) is 9.02. The normalized spacial score (nSPS) is 18.9. The quantitative estimate of drug-likeness (QED) is 0.857. The summed E-state index contributed by atoms with van der Waals surface area (Å²) in [5.74, 6) is -0.910. The van der Waals surface area contributed by atoms with Gasteiger partial charge in [-0.05, 0) is 48.5 Å². The summed E-state index contributed by atoms with van der Waals surface area (Å²) in [4.78, 5) is 30.6. The molecule has 3 rings (SSSR count). The van der Waals surface area contributed by atoms with Crippen LogP contribution in [-0.4, -0.2) is 34.2 Å². The number of thioether (sulfide) groups is 1. The highest BCUT2D eigenvalue weighted by Crippen LogP contribution is 2.29. The monoisotopic (exact) mass is 391 g/mol. The number of amidine groups is 1. The Morgan fingerprint density at radius 3 is 2.54 bits per heavy atom. The lowest BCUT2D eigenvalue weighted by Gasteiger charge is -2.28. The van der Waals surface area contributed by atoms with Crippen LogP contribution in [0.3, 0.4) is 0 Å². The van der Waals surface area contributed by atoms with E-state index in [1.165, 1.54) is 40.9 Å². The number of aliphatic imine (C=N–C) groups is 1. The molecule has 0 aliphatic carbocycles. The molecular weight excluding hydrogens is 377 g/mol. The van der Waals surface area contributed by atoms with Gasteiger partial charge < -0.3 is 5.32 Å². The third-order valence-corrected chi connectivity index (χ3v) is 5.22. The van der Waals surface area contributed by atoms with Crippen molar-refractivity contribution in [2.24, 2.45) is 4.99 Å². The van der Waals surface area contributed by atoms with Crippen LogP contribution >= 0.6 is 23.4 Å². The van der Waals surface area contributed by atoms with Gasteiger partial charge >= 0.3 is 0 Å². The number of nitrogens with zero attached hydrogens (tertiary/aromatic N) is 2. The van der Waals surface area contributed by atoms with Crippen molar-refractivity contribution in [2.75, 3.05) is 12.4 Å². The minimum Gasteiger partial charge on any atom is -0.325 e. The van der Waals surface area contributed by atoms with E-state index in [1.54, 1.807) is 31.3 Å². The third-order valence-electron chi connectivity index (χ3n) is 3.72. The first-order chi connectivity index (χ1) is 12.4. The van der Waals surface area contributed by atoms with Crippen molar-refractivity contribution >= 4 is 51.7 Å². The highest BCUT2D eigenvalue weighted by molar-refractivity contribution is 8.15. The van der Waals surface area contributed by atoms with Gasteiger partial charge in [0.15, 0.2) is 5.17 Å². The second kappa shape index (κ2) is 7.88. The minimum atomic E-state index is -0.616. The number of halogens is 2. The summed E-state index contributed by atoms with van der Waals surface area (Å²) < 4.78 is 13.0. The Labute approximate surface area is 159 Å². The van der Waals surface area contributed by atoms with E-state index in [9.17, 15) is 14.0 Å². The van der Waals surface area contributed by atoms with Crippen molar-refractivity contribution in [3.05, 3.63) is 59.4 Å². The van der Waals surface area contributed by atoms with Gasteiger partial charge in [-0.3, -0.25) is 14.5 Å². The van der Waals surface area contributed by atoms with E-state index in [0.29, 0.717) is 21.6 Å². The highest BCUT2D eigenvalue weighted by atomic mass is 35.5. The molecule has 1 heterocycles. The van der Waals surface area contributed by atoms with Crippen LogP contribution in [0.15, 0.2) is 53.5 Å². The Hall–Kier alpha value is -2.38. The van der Waals surface area contributed by atoms with Crippen LogP contribution < -0.4 is 5.32 Å². The summed E-state index contributed by atoms with van der Waals surface area (Å²) in [6.07, 6.45) is 0.0633. The van der Waals surface area contributed by atoms with Gasteiger partial charge in [0, 0.05) is 24.2 Å². The molecule has 1 aliphatic heterocycles. The molecule has 1 aliphatic rings. The van der Waals surface area contributed by atoms with Gasteiger partial charge in [0.2, 0.25) is 11.8 Å². The molecule has 2 aromatic carbocycles. The van der Waals surface area contributed by atoms with Crippen LogP contribution in [0.1, 0.15) is 6.42 Å². The molecular formula is C18H15ClFN3O2S. The zero-order chi connectivity index (χ0) is 18.7. The maximum Gasteiger partial charge on any atom is 0.238 e. The number of anilines is 1. The van der Waals surface area contributed by atoms with Gasteiger partial charge in [-0.15, -0.1) is 0 Å². The van der Waals surface area contributed by atoms with Crippen LogP contribution in [0.2, 0.25) is 5.02 Å². The van der Waals surface area contributed by atoms with E-state index < -0.39 is 5.25 Å². The molecule has 0 bridgehead atoms. The molecule has 0 spiro atoms. The van der Waals surface area contributed by atoms with Gasteiger partial charge in [0.05, 0.1) is 5.69 Å². The number of rotatable bonds is 3. The molecule has 1 fully saturated rings. The Morgan fingerprint density at radius 1 is 1.23 bits per heavy atom. The Kier molecular flexibility index (Phi) is 5.58. The van der Waals surface area contributed by atoms with Crippen LogP contribution in [0, 0.1) is 5.82 Å². The number of carbonyl (C=O) groups is 2. The fourth-order valence-corrected chi connectivity index (χ4v) is 3.47. The molecule has 5 nitrogen and oxygen atoms in total. The maximum atomic E-state index is 13.0. The van der Waals surface area contributed by atoms with E-state index in [-0.39, 0.29) is 24.1 Å². The van der Waals surface area contributed by atoms with E-state index in [4.69, 9.17) is 11.6 Å². The third kappa shape index (κ3) is 4.42. The Morgan fingerprint density at radius 2 is 1.88 bits per heavy atom. The number of benzene rings is 2. The molecule has 2 aromatic rings. The largest absolute Gasteiger partial charge is 0.325 e. The van der Waals surface area contributed by atoms with Crippen LogP contribution in [0.25, 0.3) is 0 Å². The standard InChI is InChI=1S/C18H15ClFN3O2S/c1-23-16(24)10-15(17(25)21-13-8-4-12(20)5-9-13)26-18(23)22-14-6-2-11(19)3-7-14/h2-9,15H,10H2,1H3,(H,21,25)/t15-/m1/s1. The Balaban J connectivity index is 1.76. The molecule has 1 atom stereocenters. The molecule has 2 amide bonds. The van der Waals surface area contributed by atoms with Crippen molar-refractivity contribution in [1.82, 2.24) is 4.90 Å². The fraction of sp³-hybridized carbons (Fsp3) is 0.167. The minimum absolute atomic E-state index is 0.0633. The summed E-state index contributed by atoms with van der Waals surface area (Å²) in [6.45, 7) is 0. The first-order valence-electron chi connectivity index (χ1n) is 7.76. The number of amides is 2. The second-order valence-electron chi connectivity index (χ2n) is 5.63. The zero-order valence-electron chi connectivity index (χ0n) is 13.8. The average Bonchev–Trinajstić information content (AvgIpc) is 2.62. The lowest BCUT2D eigenvalue weighted by atomic mass is 10.2. The smallest absolute Gasteiger partial charge is 0.238 e. The number of carbonyl (C=O) groups excluding carboxylic acids is 2. The van der Waals surface area contributed by atoms with E-state index in [2.05, 4.69) is 10.3 Å². The van der Waals surface area contributed by atoms with Crippen molar-refractivity contribution in [3.8, 4) is 0 Å². The highest BCUT2D eigenvalue weighted by Gasteiger charge is 2.34. The summed E-state index contributed by atoms with van der Waals surface area (Å²) in [5.41, 5.74) is 1.11. The number of hydrogen-bond acceptors (Lipinski definition) is 4. The van der Waals surface area contributed by atoms with Crippen LogP contribution in [0.5, 0.6) is 0 Å². The van der Waals surface area contributed by atoms with E-state index >= 15 is 0 Å². The molecule has 1 N–H and O–H groups in total. The lowest BCUT2D eigenvalue weighted by molar-refractivity contribution is -0.128. The predicted octanol–water partition coefficient (Wildman–Crippen LogP) is 4.07. The predicted molar refractivity (Wildman–Crippen MR) is 102 cm³/mol. The molecule has 0 radical (unpaired) electrons. The zero-order valence-corrected chi connectivity index (χ0v) is 15.4. The second-order valence-corrected chi connectivity index (χ2v) is 7.24. The van der Waals surface area contributed by atoms with E-state index in [1.807, 2.05) is 0 Å². The SMILES string of the molecule is CN1C(=O)C[C@H](C(=O)Nc2ccc(F)cc2)SC1=Nc1ccc(Cl)cc1. The van der Waals surface area contributed by atoms with Crippen LogP contribution in [0.4, 0.5) is 15.8 Å². The molecule has 0 aromatic heterocycles. The average molecular weight is 392 g/mol. The van der Waals surface area contributed by atoms with Gasteiger partial charge in [-0.2, -0.15) is 0 Å². The summed E-state index contributed by atoms with van der Waals surface area (Å²) in [5, 5.41) is 3.10. The van der Waals surface area contributed by atoms with Gasteiger partial charge in [0.1, 0.15) is 11.1 Å². The van der Waals surface area contributed by atoms with Crippen molar-refractivity contribution in [1.29, 1.82) is 0 Å². The Bertz CT molecular complexity index is 856. The summed E-state index contributed by atoms with van der Waals surface area (Å²) >= 11 is 7.07. The fourth-order valence-electron chi connectivity index (χ4n) is 2.28. The van der Waals surface area contributed by atoms with Gasteiger partial charge in [0.25, 0.3) is 0 Å². The maximum absolute atomic E-state index is 13.0. The van der Waals surface area contributed by atoms with E-state index in [0.717, 1.165) is 0 Å². The number of hydrogen-bond donors (Lipinski definition) is 1. The summed E-state index contributed by atoms with van der Waals surface area (Å²) in [7, 11) is 1.62.